The van der Waals surface area contributed by atoms with E-state index < -0.39 is 0 Å². The standard InChI is InChI=1S/C9H18N2OS/c1-7(4-12)13-8-10-5-9(2,3)6-11-8/h7,12H,4-6H2,1-3H3,(H,10,11). The number of nitrogens with one attached hydrogen (secondary N) is 1. The highest BCUT2D eigenvalue weighted by Gasteiger charge is 2.22. The van der Waals surface area contributed by atoms with Gasteiger partial charge in [0.15, 0.2) is 5.17 Å². The van der Waals surface area contributed by atoms with Gasteiger partial charge in [0.2, 0.25) is 0 Å². The van der Waals surface area contributed by atoms with E-state index in [1.165, 1.54) is 0 Å². The van der Waals surface area contributed by atoms with E-state index in [1.807, 2.05) is 6.92 Å². The Balaban J connectivity index is 2.42. The molecular formula is C9H18N2OS. The van der Waals surface area contributed by atoms with Crippen molar-refractivity contribution in [3.05, 3.63) is 0 Å². The van der Waals surface area contributed by atoms with E-state index in [2.05, 4.69) is 24.2 Å². The molecule has 1 atom stereocenters. The van der Waals surface area contributed by atoms with Gasteiger partial charge in [-0.1, -0.05) is 32.5 Å². The monoisotopic (exact) mass is 202 g/mol. The van der Waals surface area contributed by atoms with Gasteiger partial charge >= 0.3 is 0 Å². The number of thioether (sulfide) groups is 1. The van der Waals surface area contributed by atoms with Crippen LogP contribution in [0.15, 0.2) is 4.99 Å². The average Bonchev–Trinajstić information content (AvgIpc) is 2.08. The van der Waals surface area contributed by atoms with Crippen molar-refractivity contribution in [2.45, 2.75) is 26.0 Å². The minimum Gasteiger partial charge on any atom is -0.395 e. The molecule has 1 rings (SSSR count). The number of aliphatic hydroxyl groups is 1. The molecule has 1 aliphatic rings. The highest BCUT2D eigenvalue weighted by atomic mass is 32.2. The van der Waals surface area contributed by atoms with E-state index >= 15 is 0 Å². The molecule has 0 amide bonds. The lowest BCUT2D eigenvalue weighted by molar-refractivity contribution is 0.300. The summed E-state index contributed by atoms with van der Waals surface area (Å²) in [5, 5.41) is 13.3. The molecule has 0 aliphatic carbocycles. The first-order chi connectivity index (χ1) is 6.03. The molecule has 0 aromatic heterocycles. The van der Waals surface area contributed by atoms with Gasteiger partial charge in [-0.2, -0.15) is 0 Å². The predicted molar refractivity (Wildman–Crippen MR) is 58.2 cm³/mol. The van der Waals surface area contributed by atoms with Gasteiger partial charge in [-0.3, -0.25) is 4.99 Å². The van der Waals surface area contributed by atoms with Crippen LogP contribution < -0.4 is 5.32 Å². The summed E-state index contributed by atoms with van der Waals surface area (Å²) in [7, 11) is 0. The molecule has 76 valence electrons. The Morgan fingerprint density at radius 3 is 2.85 bits per heavy atom. The lowest BCUT2D eigenvalue weighted by atomic mass is 9.93. The molecular weight excluding hydrogens is 184 g/mol. The zero-order valence-corrected chi connectivity index (χ0v) is 9.32. The van der Waals surface area contributed by atoms with Crippen LogP contribution in [0.2, 0.25) is 0 Å². The van der Waals surface area contributed by atoms with Crippen molar-refractivity contribution < 1.29 is 5.11 Å². The van der Waals surface area contributed by atoms with Crippen molar-refractivity contribution in [1.29, 1.82) is 0 Å². The van der Waals surface area contributed by atoms with Gasteiger partial charge < -0.3 is 10.4 Å². The summed E-state index contributed by atoms with van der Waals surface area (Å²) >= 11 is 1.61. The minimum atomic E-state index is 0.203. The van der Waals surface area contributed by atoms with Crippen LogP contribution in [-0.2, 0) is 0 Å². The van der Waals surface area contributed by atoms with E-state index in [1.54, 1.807) is 11.8 Å². The highest BCUT2D eigenvalue weighted by Crippen LogP contribution is 2.21. The van der Waals surface area contributed by atoms with Gasteiger partial charge in [0, 0.05) is 23.8 Å². The summed E-state index contributed by atoms with van der Waals surface area (Å²) < 4.78 is 0. The quantitative estimate of drug-likeness (QED) is 0.704. The van der Waals surface area contributed by atoms with Crippen LogP contribution in [0.25, 0.3) is 0 Å². The van der Waals surface area contributed by atoms with Crippen molar-refractivity contribution in [3.63, 3.8) is 0 Å². The molecule has 0 fully saturated rings. The molecule has 0 saturated heterocycles. The summed E-state index contributed by atoms with van der Waals surface area (Å²) in [6, 6.07) is 0. The lowest BCUT2D eigenvalue weighted by Crippen LogP contribution is -2.40. The fraction of sp³-hybridized carbons (Fsp3) is 0.889. The SMILES string of the molecule is CC(CO)SC1=NCC(C)(C)CN1. The van der Waals surface area contributed by atoms with Gasteiger partial charge in [0.05, 0.1) is 6.61 Å². The molecule has 0 aromatic rings. The van der Waals surface area contributed by atoms with Crippen molar-refractivity contribution in [1.82, 2.24) is 5.32 Å². The number of rotatable bonds is 2. The summed E-state index contributed by atoms with van der Waals surface area (Å²) in [6.07, 6.45) is 0. The second-order valence-electron chi connectivity index (χ2n) is 4.25. The van der Waals surface area contributed by atoms with Crippen molar-refractivity contribution in [3.8, 4) is 0 Å². The van der Waals surface area contributed by atoms with Gasteiger partial charge in [0.1, 0.15) is 0 Å². The zero-order valence-electron chi connectivity index (χ0n) is 8.50. The maximum atomic E-state index is 8.86. The first kappa shape index (κ1) is 10.9. The molecule has 0 bridgehead atoms. The molecule has 0 saturated carbocycles. The smallest absolute Gasteiger partial charge is 0.156 e. The predicted octanol–water partition coefficient (Wildman–Crippen LogP) is 1.09. The molecule has 4 heteroatoms. The van der Waals surface area contributed by atoms with Crippen molar-refractivity contribution in [2.24, 2.45) is 10.4 Å². The number of nitrogens with zero attached hydrogens (tertiary/aromatic N) is 1. The van der Waals surface area contributed by atoms with E-state index in [0.29, 0.717) is 0 Å². The number of aliphatic imine (C=N–C) groups is 1. The van der Waals surface area contributed by atoms with Gasteiger partial charge in [-0.05, 0) is 0 Å². The molecule has 0 radical (unpaired) electrons. The normalized spacial score (nSPS) is 23.2. The molecule has 13 heavy (non-hydrogen) atoms. The average molecular weight is 202 g/mol. The fourth-order valence-corrected chi connectivity index (χ4v) is 1.77. The maximum absolute atomic E-state index is 8.86. The van der Waals surface area contributed by atoms with Crippen molar-refractivity contribution in [2.75, 3.05) is 19.7 Å². The lowest BCUT2D eigenvalue weighted by Gasteiger charge is -2.29. The Bertz CT molecular complexity index is 204. The number of hydrogen-bond acceptors (Lipinski definition) is 4. The van der Waals surface area contributed by atoms with E-state index in [9.17, 15) is 0 Å². The van der Waals surface area contributed by atoms with Crippen LogP contribution in [-0.4, -0.2) is 35.2 Å². The van der Waals surface area contributed by atoms with Gasteiger partial charge in [-0.15, -0.1) is 0 Å². The topological polar surface area (TPSA) is 44.6 Å². The molecule has 3 nitrogen and oxygen atoms in total. The summed E-state index contributed by atoms with van der Waals surface area (Å²) in [4.78, 5) is 4.43. The Labute approximate surface area is 84.0 Å². The largest absolute Gasteiger partial charge is 0.395 e. The number of hydrogen-bond donors (Lipinski definition) is 2. The molecule has 1 unspecified atom stereocenters. The third kappa shape index (κ3) is 3.56. The van der Waals surface area contributed by atoms with Crippen molar-refractivity contribution >= 4 is 16.9 Å². The molecule has 2 N–H and O–H groups in total. The van der Waals surface area contributed by atoms with Crippen LogP contribution in [0.4, 0.5) is 0 Å². The summed E-state index contributed by atoms with van der Waals surface area (Å²) in [5.41, 5.74) is 0.270. The van der Waals surface area contributed by atoms with Gasteiger partial charge in [0.25, 0.3) is 0 Å². The minimum absolute atomic E-state index is 0.203. The van der Waals surface area contributed by atoms with Crippen LogP contribution in [0.3, 0.4) is 0 Å². The molecule has 0 aromatic carbocycles. The Hall–Kier alpha value is -0.220. The second kappa shape index (κ2) is 4.33. The van der Waals surface area contributed by atoms with Crippen LogP contribution in [0, 0.1) is 5.41 Å². The van der Waals surface area contributed by atoms with Crippen LogP contribution in [0.5, 0.6) is 0 Å². The molecule has 1 heterocycles. The number of amidine groups is 1. The third-order valence-electron chi connectivity index (χ3n) is 1.94. The first-order valence-corrected chi connectivity index (χ1v) is 5.47. The maximum Gasteiger partial charge on any atom is 0.156 e. The third-order valence-corrected chi connectivity index (χ3v) is 2.99. The Morgan fingerprint density at radius 1 is 1.69 bits per heavy atom. The van der Waals surface area contributed by atoms with Gasteiger partial charge in [-0.25, -0.2) is 0 Å². The number of aliphatic hydroxyl groups excluding tert-OH is 1. The highest BCUT2D eigenvalue weighted by molar-refractivity contribution is 8.14. The zero-order chi connectivity index (χ0) is 9.90. The fourth-order valence-electron chi connectivity index (χ4n) is 1.02. The Morgan fingerprint density at radius 2 is 2.38 bits per heavy atom. The summed E-state index contributed by atoms with van der Waals surface area (Å²) in [5.74, 6) is 0. The Kier molecular flexibility index (Phi) is 3.62. The van der Waals surface area contributed by atoms with E-state index in [4.69, 9.17) is 5.11 Å². The molecule has 0 spiro atoms. The van der Waals surface area contributed by atoms with Crippen LogP contribution >= 0.6 is 11.8 Å². The van der Waals surface area contributed by atoms with Crippen LogP contribution in [0.1, 0.15) is 20.8 Å². The van der Waals surface area contributed by atoms with E-state index in [0.717, 1.165) is 18.3 Å². The van der Waals surface area contributed by atoms with E-state index in [-0.39, 0.29) is 17.3 Å². The first-order valence-electron chi connectivity index (χ1n) is 4.59. The molecule has 1 aliphatic heterocycles. The summed E-state index contributed by atoms with van der Waals surface area (Å²) in [6.45, 7) is 8.43. The second-order valence-corrected chi connectivity index (χ2v) is 5.68.